The molecule has 3 atom stereocenters. The Balaban J connectivity index is 1.86. The summed E-state index contributed by atoms with van der Waals surface area (Å²) in [5.41, 5.74) is 1.81. The molecule has 1 aliphatic heterocycles. The molecule has 0 spiro atoms. The lowest BCUT2D eigenvalue weighted by molar-refractivity contribution is 0.293. The number of aliphatic hydroxyl groups excluding tert-OH is 1. The zero-order chi connectivity index (χ0) is 16.4. The molecule has 0 aromatic carbocycles. The van der Waals surface area contributed by atoms with E-state index in [1.165, 1.54) is 10.9 Å². The number of H-pyrrole nitrogens is 1. The van der Waals surface area contributed by atoms with Gasteiger partial charge in [0.25, 0.3) is 5.56 Å². The molecule has 0 saturated carbocycles. The molecule has 3 heterocycles. The normalized spacial score (nSPS) is 24.7. The van der Waals surface area contributed by atoms with Gasteiger partial charge in [0.2, 0.25) is 0 Å². The Kier molecular flexibility index (Phi) is 5.16. The van der Waals surface area contributed by atoms with Crippen LogP contribution in [0.2, 0.25) is 4.34 Å². The second-order valence-corrected chi connectivity index (χ2v) is 7.76. The third-order valence-electron chi connectivity index (χ3n) is 4.27. The molecular weight excluding hydrogens is 334 g/mol. The molecule has 0 aliphatic carbocycles. The third-order valence-corrected chi connectivity index (χ3v) is 5.73. The number of nitrogens with zero attached hydrogens (tertiary/aromatic N) is 1. The minimum Gasteiger partial charge on any atom is -0.396 e. The first-order chi connectivity index (χ1) is 11.1. The molecule has 2 aromatic rings. The summed E-state index contributed by atoms with van der Waals surface area (Å²) in [5.74, 6) is 0.379. The van der Waals surface area contributed by atoms with Crippen molar-refractivity contribution in [1.82, 2.24) is 15.5 Å². The largest absolute Gasteiger partial charge is 0.396 e. The van der Waals surface area contributed by atoms with E-state index in [0.29, 0.717) is 18.4 Å². The Morgan fingerprint density at radius 3 is 2.96 bits per heavy atom. The summed E-state index contributed by atoms with van der Waals surface area (Å²) in [4.78, 5) is 12.5. The fourth-order valence-electron chi connectivity index (χ4n) is 3.33. The van der Waals surface area contributed by atoms with Crippen LogP contribution in [0.25, 0.3) is 0 Å². The molecule has 5 nitrogen and oxygen atoms in total. The van der Waals surface area contributed by atoms with Crippen molar-refractivity contribution in [3.63, 3.8) is 0 Å². The van der Waals surface area contributed by atoms with Crippen LogP contribution < -0.4 is 10.9 Å². The first kappa shape index (κ1) is 16.6. The van der Waals surface area contributed by atoms with Gasteiger partial charge in [-0.05, 0) is 49.8 Å². The van der Waals surface area contributed by atoms with Crippen molar-refractivity contribution in [3.05, 3.63) is 49.0 Å². The van der Waals surface area contributed by atoms with E-state index >= 15 is 0 Å². The predicted octanol–water partition coefficient (Wildman–Crippen LogP) is 2.62. The average Bonchev–Trinajstić information content (AvgIpc) is 2.88. The molecule has 23 heavy (non-hydrogen) atoms. The zero-order valence-electron chi connectivity index (χ0n) is 12.9. The second kappa shape index (κ2) is 7.13. The Bertz CT molecular complexity index is 710. The quantitative estimate of drug-likeness (QED) is 0.789. The van der Waals surface area contributed by atoms with Gasteiger partial charge in [0.15, 0.2) is 0 Å². The Morgan fingerprint density at radius 1 is 1.43 bits per heavy atom. The molecule has 2 aromatic heterocycles. The van der Waals surface area contributed by atoms with Crippen LogP contribution in [0, 0.1) is 0 Å². The third kappa shape index (κ3) is 3.83. The van der Waals surface area contributed by atoms with Crippen molar-refractivity contribution in [2.75, 3.05) is 6.61 Å². The molecule has 0 bridgehead atoms. The highest BCUT2D eigenvalue weighted by molar-refractivity contribution is 7.16. The van der Waals surface area contributed by atoms with Gasteiger partial charge >= 0.3 is 0 Å². The van der Waals surface area contributed by atoms with Gasteiger partial charge in [0.05, 0.1) is 16.1 Å². The number of halogens is 1. The summed E-state index contributed by atoms with van der Waals surface area (Å²) in [6.45, 7) is 2.29. The molecule has 3 unspecified atom stereocenters. The summed E-state index contributed by atoms with van der Waals surface area (Å²) in [6.07, 6.45) is 2.56. The van der Waals surface area contributed by atoms with Gasteiger partial charge in [0, 0.05) is 23.6 Å². The fraction of sp³-hybridized carbons (Fsp3) is 0.500. The maximum Gasteiger partial charge on any atom is 0.264 e. The molecular formula is C16H20ClN3O2S. The Morgan fingerprint density at radius 2 is 2.26 bits per heavy atom. The molecule has 1 saturated heterocycles. The van der Waals surface area contributed by atoms with Gasteiger partial charge in [-0.2, -0.15) is 5.10 Å². The first-order valence-electron chi connectivity index (χ1n) is 7.77. The van der Waals surface area contributed by atoms with Gasteiger partial charge in [0.1, 0.15) is 0 Å². The lowest BCUT2D eigenvalue weighted by Gasteiger charge is -2.34. The number of aliphatic hydroxyl groups is 1. The van der Waals surface area contributed by atoms with E-state index in [0.717, 1.165) is 28.4 Å². The van der Waals surface area contributed by atoms with Crippen LogP contribution in [0.3, 0.4) is 0 Å². The second-order valence-electron chi connectivity index (χ2n) is 6.05. The van der Waals surface area contributed by atoms with Gasteiger partial charge in [-0.15, -0.1) is 11.3 Å². The maximum absolute atomic E-state index is 11.2. The molecule has 7 heteroatoms. The van der Waals surface area contributed by atoms with Gasteiger partial charge in [-0.3, -0.25) is 4.79 Å². The van der Waals surface area contributed by atoms with E-state index in [2.05, 4.69) is 22.4 Å². The number of piperidine rings is 1. The van der Waals surface area contributed by atoms with E-state index in [1.807, 2.05) is 6.07 Å². The summed E-state index contributed by atoms with van der Waals surface area (Å²) >= 11 is 7.81. The molecule has 124 valence electrons. The van der Waals surface area contributed by atoms with Gasteiger partial charge in [-0.25, -0.2) is 5.10 Å². The minimum atomic E-state index is -0.190. The fourth-order valence-corrected chi connectivity index (χ4v) is 4.77. The van der Waals surface area contributed by atoms with Crippen LogP contribution in [0.4, 0.5) is 0 Å². The molecule has 0 amide bonds. The monoisotopic (exact) mass is 353 g/mol. The summed E-state index contributed by atoms with van der Waals surface area (Å²) in [6, 6.07) is 5.70. The van der Waals surface area contributed by atoms with Crippen molar-refractivity contribution in [1.29, 1.82) is 0 Å². The highest BCUT2D eigenvalue weighted by atomic mass is 35.5. The van der Waals surface area contributed by atoms with E-state index in [-0.39, 0.29) is 18.2 Å². The number of hydrogen-bond acceptors (Lipinski definition) is 5. The van der Waals surface area contributed by atoms with Gasteiger partial charge < -0.3 is 10.4 Å². The van der Waals surface area contributed by atoms with Gasteiger partial charge in [-0.1, -0.05) is 11.6 Å². The lowest BCUT2D eigenvalue weighted by Crippen LogP contribution is -2.38. The lowest BCUT2D eigenvalue weighted by atomic mass is 9.84. The molecule has 1 fully saturated rings. The smallest absolute Gasteiger partial charge is 0.264 e. The molecule has 3 N–H and O–H groups in total. The van der Waals surface area contributed by atoms with Crippen molar-refractivity contribution in [3.8, 4) is 0 Å². The van der Waals surface area contributed by atoms with Crippen molar-refractivity contribution in [2.45, 2.75) is 44.2 Å². The molecule has 0 radical (unpaired) electrons. The number of aromatic amines is 1. The number of aromatic nitrogens is 2. The average molecular weight is 354 g/mol. The van der Waals surface area contributed by atoms with Crippen molar-refractivity contribution < 1.29 is 5.11 Å². The van der Waals surface area contributed by atoms with Crippen molar-refractivity contribution in [2.24, 2.45) is 0 Å². The maximum atomic E-state index is 11.2. The van der Waals surface area contributed by atoms with E-state index < -0.39 is 0 Å². The van der Waals surface area contributed by atoms with E-state index in [1.54, 1.807) is 17.4 Å². The van der Waals surface area contributed by atoms with Crippen LogP contribution in [-0.4, -0.2) is 28.0 Å². The topological polar surface area (TPSA) is 78.0 Å². The number of rotatable bonds is 4. The van der Waals surface area contributed by atoms with Crippen LogP contribution >= 0.6 is 22.9 Å². The first-order valence-corrected chi connectivity index (χ1v) is 8.97. The predicted molar refractivity (Wildman–Crippen MR) is 92.3 cm³/mol. The molecule has 3 rings (SSSR count). The molecule has 1 aliphatic rings. The van der Waals surface area contributed by atoms with Crippen molar-refractivity contribution >= 4 is 22.9 Å². The van der Waals surface area contributed by atoms with Crippen LogP contribution in [-0.2, 0) is 6.42 Å². The number of nitrogens with one attached hydrogen (secondary N) is 2. The highest BCUT2D eigenvalue weighted by Crippen LogP contribution is 2.42. The van der Waals surface area contributed by atoms with E-state index in [9.17, 15) is 9.90 Å². The Hall–Kier alpha value is -1.21. The Labute approximate surface area is 143 Å². The summed E-state index contributed by atoms with van der Waals surface area (Å²) in [5, 5.41) is 19.5. The summed E-state index contributed by atoms with van der Waals surface area (Å²) in [7, 11) is 0. The summed E-state index contributed by atoms with van der Waals surface area (Å²) < 4.78 is 0.772. The van der Waals surface area contributed by atoms with E-state index in [4.69, 9.17) is 11.6 Å². The SMILES string of the molecule is CC1CC(c2sc(Cl)cc2CCO)CC(c2ccc(=O)[nH]n2)N1. The zero-order valence-corrected chi connectivity index (χ0v) is 14.5. The highest BCUT2D eigenvalue weighted by Gasteiger charge is 2.31. The minimum absolute atomic E-state index is 0.100. The van der Waals surface area contributed by atoms with Crippen LogP contribution in [0.15, 0.2) is 23.0 Å². The standard InChI is InChI=1S/C16H20ClN3O2S/c1-9-6-11(16-10(4-5-21)8-14(17)23-16)7-13(18-9)12-2-3-15(22)20-19-12/h2-3,8-9,11,13,18,21H,4-7H2,1H3,(H,20,22). The number of hydrogen-bond donors (Lipinski definition) is 3. The number of thiophene rings is 1. The van der Waals surface area contributed by atoms with Crippen LogP contribution in [0.5, 0.6) is 0 Å². The van der Waals surface area contributed by atoms with Crippen LogP contribution in [0.1, 0.15) is 47.9 Å².